The summed E-state index contributed by atoms with van der Waals surface area (Å²) in [5.41, 5.74) is 0. The lowest BCUT2D eigenvalue weighted by Crippen LogP contribution is -1.94. The van der Waals surface area contributed by atoms with Crippen molar-refractivity contribution >= 4 is 61.7 Å². The van der Waals surface area contributed by atoms with E-state index in [1.54, 1.807) is 40.9 Å². The molecule has 0 radical (unpaired) electrons. The van der Waals surface area contributed by atoms with E-state index < -0.39 is 0 Å². The van der Waals surface area contributed by atoms with Gasteiger partial charge in [0.25, 0.3) is 0 Å². The summed E-state index contributed by atoms with van der Waals surface area (Å²) in [7, 11) is 1.38. The molecule has 134 valence electrons. The summed E-state index contributed by atoms with van der Waals surface area (Å²) >= 11 is 11.1. The van der Waals surface area contributed by atoms with Gasteiger partial charge in [0.05, 0.1) is 21.2 Å². The fourth-order valence-corrected chi connectivity index (χ4v) is 5.33. The van der Waals surface area contributed by atoms with Crippen LogP contribution < -0.4 is 0 Å². The first-order valence-corrected chi connectivity index (χ1v) is 10.7. The second-order valence-corrected chi connectivity index (χ2v) is 9.04. The number of hydrogen-bond acceptors (Lipinski definition) is 6. The van der Waals surface area contributed by atoms with E-state index in [0.717, 1.165) is 9.34 Å². The van der Waals surface area contributed by atoms with Crippen LogP contribution in [0.25, 0.3) is 29.7 Å². The number of carbonyl (C=O) groups excluding carboxylic acids is 1. The summed E-state index contributed by atoms with van der Waals surface area (Å²) in [5.74, 6) is -0.157. The van der Waals surface area contributed by atoms with Gasteiger partial charge >= 0.3 is 5.97 Å². The smallest absolute Gasteiger partial charge is 0.305 e. The van der Waals surface area contributed by atoms with Crippen LogP contribution in [-0.4, -0.2) is 18.1 Å². The van der Waals surface area contributed by atoms with Crippen LogP contribution in [0.15, 0.2) is 48.7 Å². The Labute approximate surface area is 168 Å². The van der Waals surface area contributed by atoms with E-state index in [4.69, 9.17) is 11.6 Å². The minimum atomic E-state index is -0.157. The zero-order valence-corrected chi connectivity index (χ0v) is 17.4. The number of halogens is 1. The van der Waals surface area contributed by atoms with E-state index in [2.05, 4.69) is 46.1 Å². The average Bonchev–Trinajstić information content (AvgIpc) is 3.39. The zero-order chi connectivity index (χ0) is 18.5. The first-order chi connectivity index (χ1) is 12.6. The summed E-state index contributed by atoms with van der Waals surface area (Å²) in [6.07, 6.45) is 2.41. The number of benzene rings is 1. The van der Waals surface area contributed by atoms with Gasteiger partial charge in [-0.15, -0.1) is 34.0 Å². The van der Waals surface area contributed by atoms with Crippen molar-refractivity contribution in [2.45, 2.75) is 13.3 Å². The summed E-state index contributed by atoms with van der Waals surface area (Å²) in [5, 5.41) is 2.36. The molecular formula is C19H16ClNO2S3. The zero-order valence-electron chi connectivity index (χ0n) is 14.2. The highest BCUT2D eigenvalue weighted by Gasteiger charge is 2.11. The Kier molecular flexibility index (Phi) is 6.43. The van der Waals surface area contributed by atoms with Crippen LogP contribution in [0.3, 0.4) is 0 Å². The molecule has 0 unspecified atom stereocenters. The number of thiophene rings is 2. The quantitative estimate of drug-likeness (QED) is 0.335. The van der Waals surface area contributed by atoms with Gasteiger partial charge in [0.15, 0.2) is 0 Å². The molecule has 0 aliphatic rings. The van der Waals surface area contributed by atoms with E-state index in [1.165, 1.54) is 31.8 Å². The molecule has 0 spiro atoms. The fraction of sp³-hybridized carbons (Fsp3) is 0.158. The Morgan fingerprint density at radius 3 is 2.50 bits per heavy atom. The Morgan fingerprint density at radius 1 is 1.08 bits per heavy atom. The van der Waals surface area contributed by atoms with Crippen LogP contribution in [0.5, 0.6) is 0 Å². The number of esters is 1. The van der Waals surface area contributed by atoms with E-state index in [0.29, 0.717) is 6.42 Å². The lowest BCUT2D eigenvalue weighted by atomic mass is 10.2. The highest BCUT2D eigenvalue weighted by Crippen LogP contribution is 2.40. The molecule has 26 heavy (non-hydrogen) atoms. The molecule has 7 heteroatoms. The fourth-order valence-electron chi connectivity index (χ4n) is 2.18. The first-order valence-electron chi connectivity index (χ1n) is 7.88. The molecule has 4 aromatic rings. The van der Waals surface area contributed by atoms with Crippen molar-refractivity contribution in [3.8, 4) is 19.6 Å². The molecule has 0 amide bonds. The first kappa shape index (κ1) is 19.0. The molecular weight excluding hydrogens is 406 g/mol. The summed E-state index contributed by atoms with van der Waals surface area (Å²) in [6.45, 7) is 1.76. The molecule has 4 rings (SSSR count). The number of ether oxygens (including phenoxy) is 1. The van der Waals surface area contributed by atoms with Gasteiger partial charge in [-0.1, -0.05) is 36.7 Å². The van der Waals surface area contributed by atoms with E-state index in [-0.39, 0.29) is 5.97 Å². The summed E-state index contributed by atoms with van der Waals surface area (Å²) in [6, 6.07) is 14.6. The van der Waals surface area contributed by atoms with Gasteiger partial charge in [-0.25, -0.2) is 4.98 Å². The second-order valence-electron chi connectivity index (χ2n) is 5.21. The molecule has 3 heterocycles. The molecule has 0 fully saturated rings. The van der Waals surface area contributed by atoms with Gasteiger partial charge in [-0.05, 0) is 29.7 Å². The number of thiazole rings is 1. The van der Waals surface area contributed by atoms with Gasteiger partial charge < -0.3 is 4.74 Å². The molecule has 0 aliphatic carbocycles. The largest absolute Gasteiger partial charge is 0.469 e. The van der Waals surface area contributed by atoms with Crippen LogP contribution in [0.2, 0.25) is 4.34 Å². The van der Waals surface area contributed by atoms with Crippen LogP contribution in [0, 0.1) is 0 Å². The van der Waals surface area contributed by atoms with E-state index in [9.17, 15) is 4.79 Å². The van der Waals surface area contributed by atoms with E-state index in [1.807, 2.05) is 12.3 Å². The molecule has 0 bridgehead atoms. The number of carbonyl (C=O) groups is 1. The van der Waals surface area contributed by atoms with Crippen molar-refractivity contribution in [2.75, 3.05) is 7.11 Å². The Bertz CT molecular complexity index is 980. The molecule has 0 aliphatic heterocycles. The lowest BCUT2D eigenvalue weighted by molar-refractivity contribution is -0.140. The molecule has 0 atom stereocenters. The Hall–Kier alpha value is -1.73. The van der Waals surface area contributed by atoms with Crippen LogP contribution in [0.4, 0.5) is 0 Å². The summed E-state index contributed by atoms with van der Waals surface area (Å²) in [4.78, 5) is 18.1. The van der Waals surface area contributed by atoms with Crippen molar-refractivity contribution in [3.05, 3.63) is 53.0 Å². The number of fused-ring (bicyclic) bond motifs is 1. The maximum absolute atomic E-state index is 9.96. The van der Waals surface area contributed by atoms with Crippen molar-refractivity contribution in [3.63, 3.8) is 0 Å². The second kappa shape index (κ2) is 8.77. The molecule has 0 saturated heterocycles. The normalized spacial score (nSPS) is 10.4. The van der Waals surface area contributed by atoms with Gasteiger partial charge in [-0.3, -0.25) is 4.79 Å². The lowest BCUT2D eigenvalue weighted by Gasteiger charge is -1.87. The van der Waals surface area contributed by atoms with Crippen molar-refractivity contribution in [1.82, 2.24) is 4.98 Å². The van der Waals surface area contributed by atoms with Crippen molar-refractivity contribution < 1.29 is 9.53 Å². The predicted molar refractivity (Wildman–Crippen MR) is 114 cm³/mol. The maximum Gasteiger partial charge on any atom is 0.305 e. The third-order valence-corrected chi connectivity index (χ3v) is 7.18. The molecule has 3 nitrogen and oxygen atoms in total. The standard InChI is InChI=1S/C15H8ClNS3.C4H8O2/c16-14-6-5-11(19-14)13-8-17-15(20-13)12-7-9-3-1-2-4-10(9)18-12;1-3-4(5)6-2/h1-8H;3H2,1-2H3. The topological polar surface area (TPSA) is 39.2 Å². The van der Waals surface area contributed by atoms with Crippen molar-refractivity contribution in [1.29, 1.82) is 0 Å². The minimum Gasteiger partial charge on any atom is -0.469 e. The molecule has 0 saturated carbocycles. The third-order valence-electron chi connectivity index (χ3n) is 3.47. The minimum absolute atomic E-state index is 0.157. The van der Waals surface area contributed by atoms with Crippen molar-refractivity contribution in [2.24, 2.45) is 0 Å². The molecule has 0 N–H and O–H groups in total. The molecule has 3 aromatic heterocycles. The number of methoxy groups -OCH3 is 1. The number of hydrogen-bond donors (Lipinski definition) is 0. The highest BCUT2D eigenvalue weighted by molar-refractivity contribution is 7.28. The monoisotopic (exact) mass is 421 g/mol. The molecule has 1 aromatic carbocycles. The maximum atomic E-state index is 9.96. The Morgan fingerprint density at radius 2 is 1.88 bits per heavy atom. The average molecular weight is 422 g/mol. The highest BCUT2D eigenvalue weighted by atomic mass is 35.5. The number of rotatable bonds is 3. The van der Waals surface area contributed by atoms with Crippen LogP contribution in [-0.2, 0) is 9.53 Å². The van der Waals surface area contributed by atoms with Gasteiger partial charge in [0.1, 0.15) is 5.01 Å². The predicted octanol–water partition coefficient (Wildman–Crippen LogP) is 6.98. The summed E-state index contributed by atoms with van der Waals surface area (Å²) < 4.78 is 6.38. The number of nitrogens with zero attached hydrogens (tertiary/aromatic N) is 1. The van der Waals surface area contributed by atoms with Crippen LogP contribution in [0.1, 0.15) is 13.3 Å². The Balaban J connectivity index is 0.000000286. The SMILES string of the molecule is CCC(=O)OC.Clc1ccc(-c2cnc(-c3cc4ccccc4s3)s2)s1. The van der Waals surface area contributed by atoms with Gasteiger partial charge in [0.2, 0.25) is 0 Å². The van der Waals surface area contributed by atoms with Crippen LogP contribution >= 0.6 is 45.6 Å². The van der Waals surface area contributed by atoms with E-state index >= 15 is 0 Å². The van der Waals surface area contributed by atoms with Gasteiger partial charge in [-0.2, -0.15) is 0 Å². The third kappa shape index (κ3) is 4.51. The number of aromatic nitrogens is 1. The van der Waals surface area contributed by atoms with Gasteiger partial charge in [0, 0.05) is 22.2 Å².